The minimum atomic E-state index is -0.561. The lowest BCUT2D eigenvalue weighted by atomic mass is 10.2. The summed E-state index contributed by atoms with van der Waals surface area (Å²) in [5.74, 6) is 0.774. The van der Waals surface area contributed by atoms with Crippen molar-refractivity contribution in [2.45, 2.75) is 0 Å². The Kier molecular flexibility index (Phi) is 6.28. The molecule has 1 N–H and O–H groups in total. The molecule has 0 amide bonds. The van der Waals surface area contributed by atoms with Crippen LogP contribution in [0.1, 0.15) is 5.56 Å². The normalized spacial score (nSPS) is 10.2. The second-order valence-corrected chi connectivity index (χ2v) is 8.03. The Morgan fingerprint density at radius 1 is 1.11 bits per heavy atom. The van der Waals surface area contributed by atoms with Gasteiger partial charge in [-0.25, -0.2) is 4.98 Å². The molecule has 140 valence electrons. The number of halogens is 3. The van der Waals surface area contributed by atoms with Gasteiger partial charge in [0.25, 0.3) is 0 Å². The summed E-state index contributed by atoms with van der Waals surface area (Å²) in [7, 11) is 0. The van der Waals surface area contributed by atoms with Crippen LogP contribution in [0.2, 0.25) is 0 Å². The van der Waals surface area contributed by atoms with E-state index < -0.39 is 4.92 Å². The topological polar surface area (TPSA) is 101 Å². The Balaban J connectivity index is 1.96. The molecule has 0 aliphatic carbocycles. The number of pyridine rings is 1. The van der Waals surface area contributed by atoms with E-state index in [-0.39, 0.29) is 11.4 Å². The van der Waals surface area contributed by atoms with E-state index in [0.717, 1.165) is 10.7 Å². The zero-order chi connectivity index (χ0) is 20.3. The summed E-state index contributed by atoms with van der Waals surface area (Å²) in [4.78, 5) is 14.9. The van der Waals surface area contributed by atoms with Crippen molar-refractivity contribution < 1.29 is 9.66 Å². The number of nitrogens with zero attached hydrogens (tertiary/aromatic N) is 3. The van der Waals surface area contributed by atoms with Gasteiger partial charge < -0.3 is 10.1 Å². The Morgan fingerprint density at radius 3 is 2.32 bits per heavy atom. The highest BCUT2D eigenvalue weighted by Gasteiger charge is 2.20. The summed E-state index contributed by atoms with van der Waals surface area (Å²) >= 11 is 10.1. The first-order valence-corrected chi connectivity index (χ1v) is 9.99. The highest BCUT2D eigenvalue weighted by atomic mass is 79.9. The maximum Gasteiger partial charge on any atom is 0.329 e. The molecule has 0 aliphatic heterocycles. The number of nitriles is 1. The zero-order valence-corrected chi connectivity index (χ0v) is 18.6. The lowest BCUT2D eigenvalue weighted by Crippen LogP contribution is -1.99. The van der Waals surface area contributed by atoms with Crippen LogP contribution in [0.4, 0.5) is 17.2 Å². The molecule has 10 heteroatoms. The maximum atomic E-state index is 11.4. The van der Waals surface area contributed by atoms with Gasteiger partial charge in [0.15, 0.2) is 5.75 Å². The van der Waals surface area contributed by atoms with Crippen LogP contribution >= 0.6 is 47.8 Å². The molecule has 0 saturated heterocycles. The van der Waals surface area contributed by atoms with Crippen molar-refractivity contribution in [1.82, 2.24) is 4.98 Å². The number of hydrogen-bond acceptors (Lipinski definition) is 6. The number of benzene rings is 2. The van der Waals surface area contributed by atoms with Crippen molar-refractivity contribution in [3.63, 3.8) is 0 Å². The van der Waals surface area contributed by atoms with Crippen LogP contribution in [0.5, 0.6) is 11.5 Å². The third-order valence-electron chi connectivity index (χ3n) is 3.50. The van der Waals surface area contributed by atoms with Crippen molar-refractivity contribution >= 4 is 65.0 Å². The van der Waals surface area contributed by atoms with E-state index in [2.05, 4.69) is 58.1 Å². The van der Waals surface area contributed by atoms with Gasteiger partial charge in [0.2, 0.25) is 5.75 Å². The van der Waals surface area contributed by atoms with E-state index in [9.17, 15) is 10.1 Å². The number of aromatic nitrogens is 1. The number of hydrogen-bond donors (Lipinski definition) is 1. The molecular weight excluding hydrogens is 560 g/mol. The van der Waals surface area contributed by atoms with Crippen molar-refractivity contribution in [3.8, 4) is 17.6 Å². The number of ether oxygens (including phenoxy) is 1. The summed E-state index contributed by atoms with van der Waals surface area (Å²) in [5, 5.41) is 23.3. The molecule has 0 aliphatic rings. The fourth-order valence-corrected chi connectivity index (χ4v) is 4.65. The second kappa shape index (κ2) is 8.68. The summed E-state index contributed by atoms with van der Waals surface area (Å²) in [5.41, 5.74) is 0.931. The fourth-order valence-electron chi connectivity index (χ4n) is 2.23. The Morgan fingerprint density at radius 2 is 1.75 bits per heavy atom. The number of nitrogens with one attached hydrogen (secondary N) is 1. The van der Waals surface area contributed by atoms with Crippen molar-refractivity contribution in [2.75, 3.05) is 5.32 Å². The SMILES string of the molecule is N#Cc1ccc(Nc2cc(Oc3c(Br)cc(Br)cc3Br)c([N+](=O)[O-])cn2)cc1. The smallest absolute Gasteiger partial charge is 0.329 e. The molecule has 0 spiro atoms. The average Bonchev–Trinajstić information content (AvgIpc) is 2.65. The zero-order valence-electron chi connectivity index (χ0n) is 13.8. The van der Waals surface area contributed by atoms with Gasteiger partial charge >= 0.3 is 5.69 Å². The monoisotopic (exact) mass is 566 g/mol. The number of nitro groups is 1. The first-order chi connectivity index (χ1) is 13.4. The standard InChI is InChI=1S/C18H9Br3N4O3/c19-11-5-13(20)18(14(21)6-11)28-16-7-17(23-9-15(16)25(26)27)24-12-3-1-10(8-22)2-4-12/h1-7,9H,(H,23,24). The van der Waals surface area contributed by atoms with Gasteiger partial charge in [-0.05, 0) is 68.3 Å². The van der Waals surface area contributed by atoms with Gasteiger partial charge in [-0.15, -0.1) is 0 Å². The summed E-state index contributed by atoms with van der Waals surface area (Å²) in [6.45, 7) is 0. The van der Waals surface area contributed by atoms with Crippen LogP contribution < -0.4 is 10.1 Å². The molecule has 0 saturated carbocycles. The van der Waals surface area contributed by atoms with Gasteiger partial charge in [0.05, 0.1) is 25.5 Å². The van der Waals surface area contributed by atoms with Crippen molar-refractivity contribution in [3.05, 3.63) is 77.8 Å². The molecule has 2 aromatic carbocycles. The van der Waals surface area contributed by atoms with E-state index in [1.54, 1.807) is 36.4 Å². The van der Waals surface area contributed by atoms with Crippen LogP contribution in [0.15, 0.2) is 62.1 Å². The molecule has 0 fully saturated rings. The molecule has 7 nitrogen and oxygen atoms in total. The van der Waals surface area contributed by atoms with Gasteiger partial charge in [-0.2, -0.15) is 5.26 Å². The van der Waals surface area contributed by atoms with E-state index in [0.29, 0.717) is 31.8 Å². The highest BCUT2D eigenvalue weighted by molar-refractivity contribution is 9.11. The van der Waals surface area contributed by atoms with Gasteiger partial charge in [0.1, 0.15) is 12.0 Å². The Hall–Kier alpha value is -2.48. The molecule has 1 aromatic heterocycles. The van der Waals surface area contributed by atoms with Crippen molar-refractivity contribution in [1.29, 1.82) is 5.26 Å². The van der Waals surface area contributed by atoms with E-state index in [4.69, 9.17) is 10.00 Å². The van der Waals surface area contributed by atoms with E-state index in [1.807, 2.05) is 6.07 Å². The van der Waals surface area contributed by atoms with E-state index in [1.165, 1.54) is 6.07 Å². The minimum Gasteiger partial charge on any atom is -0.448 e. The van der Waals surface area contributed by atoms with Gasteiger partial charge in [-0.1, -0.05) is 15.9 Å². The second-order valence-electron chi connectivity index (χ2n) is 5.41. The lowest BCUT2D eigenvalue weighted by Gasteiger charge is -2.12. The van der Waals surface area contributed by atoms with Crippen LogP contribution in [0, 0.1) is 21.4 Å². The van der Waals surface area contributed by atoms with Crippen LogP contribution in [0.25, 0.3) is 0 Å². The quantitative estimate of drug-likeness (QED) is 0.272. The molecule has 3 rings (SSSR count). The number of anilines is 2. The minimum absolute atomic E-state index is 0.0277. The maximum absolute atomic E-state index is 11.4. The van der Waals surface area contributed by atoms with Crippen molar-refractivity contribution in [2.24, 2.45) is 0 Å². The fraction of sp³-hybridized carbons (Fsp3) is 0. The molecule has 0 unspecified atom stereocenters. The lowest BCUT2D eigenvalue weighted by molar-refractivity contribution is -0.385. The number of rotatable bonds is 5. The first-order valence-electron chi connectivity index (χ1n) is 7.61. The Bertz CT molecular complexity index is 1080. The molecule has 1 heterocycles. The predicted octanol–water partition coefficient (Wildman–Crippen LogP) is 6.68. The molecular formula is C18H9Br3N4O3. The largest absolute Gasteiger partial charge is 0.448 e. The third-order valence-corrected chi connectivity index (χ3v) is 5.14. The summed E-state index contributed by atoms with van der Waals surface area (Å²) in [6.07, 6.45) is 1.13. The third kappa shape index (κ3) is 4.67. The molecule has 3 aromatic rings. The van der Waals surface area contributed by atoms with Crippen LogP contribution in [-0.2, 0) is 0 Å². The summed E-state index contributed by atoms with van der Waals surface area (Å²) in [6, 6.07) is 13.7. The van der Waals surface area contributed by atoms with Crippen LogP contribution in [0.3, 0.4) is 0 Å². The molecule has 28 heavy (non-hydrogen) atoms. The Labute approximate surface area is 184 Å². The predicted molar refractivity (Wildman–Crippen MR) is 115 cm³/mol. The molecule has 0 atom stereocenters. The van der Waals surface area contributed by atoms with Gasteiger partial charge in [-0.3, -0.25) is 10.1 Å². The summed E-state index contributed by atoms with van der Waals surface area (Å²) < 4.78 is 7.86. The van der Waals surface area contributed by atoms with Gasteiger partial charge in [0, 0.05) is 16.2 Å². The van der Waals surface area contributed by atoms with E-state index >= 15 is 0 Å². The van der Waals surface area contributed by atoms with Crippen LogP contribution in [-0.4, -0.2) is 9.91 Å². The highest BCUT2D eigenvalue weighted by Crippen LogP contribution is 2.42. The molecule has 0 bridgehead atoms. The molecule has 0 radical (unpaired) electrons. The first kappa shape index (κ1) is 20.3. The average molecular weight is 569 g/mol.